The zero-order chi connectivity index (χ0) is 17.1. The van der Waals surface area contributed by atoms with Gasteiger partial charge in [0.2, 0.25) is 0 Å². The Kier molecular flexibility index (Phi) is 6.18. The topological polar surface area (TPSA) is 35.5 Å². The molecule has 1 atom stereocenters. The lowest BCUT2D eigenvalue weighted by atomic mass is 10.1. The Bertz CT molecular complexity index is 541. The van der Waals surface area contributed by atoms with Crippen molar-refractivity contribution in [2.75, 3.05) is 6.61 Å². The molecular weight excluding hydrogens is 323 g/mol. The van der Waals surface area contributed by atoms with Gasteiger partial charge in [0.25, 0.3) is 0 Å². The third-order valence-electron chi connectivity index (χ3n) is 3.97. The lowest BCUT2D eigenvalue weighted by Crippen LogP contribution is -2.43. The highest BCUT2D eigenvalue weighted by Gasteiger charge is 2.41. The number of benzene rings is 1. The number of halogens is 2. The molecule has 0 saturated carbocycles. The van der Waals surface area contributed by atoms with Gasteiger partial charge in [0.05, 0.1) is 11.6 Å². The van der Waals surface area contributed by atoms with Crippen molar-refractivity contribution in [3.05, 3.63) is 34.6 Å². The van der Waals surface area contributed by atoms with E-state index in [1.807, 2.05) is 13.1 Å². The van der Waals surface area contributed by atoms with Gasteiger partial charge in [-0.1, -0.05) is 38.4 Å². The maximum absolute atomic E-state index is 13.7. The van der Waals surface area contributed by atoms with Crippen molar-refractivity contribution >= 4 is 25.9 Å². The van der Waals surface area contributed by atoms with Crippen molar-refractivity contribution in [2.45, 2.75) is 51.9 Å². The van der Waals surface area contributed by atoms with Crippen LogP contribution in [0.15, 0.2) is 18.2 Å². The van der Waals surface area contributed by atoms with Crippen LogP contribution >= 0.6 is 11.6 Å². The summed E-state index contributed by atoms with van der Waals surface area (Å²) in [6, 6.07) is 4.25. The average molecular weight is 347 g/mol. The number of carbonyl (C=O) groups excluding carboxylic acids is 1. The predicted molar refractivity (Wildman–Crippen MR) is 89.1 cm³/mol. The summed E-state index contributed by atoms with van der Waals surface area (Å²) >= 11 is 5.71. The molecule has 1 unspecified atom stereocenters. The number of rotatable bonds is 5. The Balaban J connectivity index is 3.19. The average Bonchev–Trinajstić information content (AvgIpc) is 2.38. The van der Waals surface area contributed by atoms with E-state index >= 15 is 0 Å². The van der Waals surface area contributed by atoms with Crippen molar-refractivity contribution in [3.63, 3.8) is 0 Å². The van der Waals surface area contributed by atoms with E-state index < -0.39 is 26.2 Å². The molecule has 1 rings (SSSR count). The highest BCUT2D eigenvalue weighted by atomic mass is 35.5. The van der Waals surface area contributed by atoms with Gasteiger partial charge in [0.15, 0.2) is 14.4 Å². The molecule has 0 saturated heterocycles. The largest absolute Gasteiger partial charge is 0.464 e. The zero-order valence-corrected chi connectivity index (χ0v) is 15.8. The van der Waals surface area contributed by atoms with E-state index in [1.165, 1.54) is 12.1 Å². The van der Waals surface area contributed by atoms with E-state index in [0.717, 1.165) is 0 Å². The standard InChI is InChI=1S/C16H24ClFO3Si/c1-7-20-15(19)14(21-22(5,6)16(2,3)4)11-8-9-12(17)13(18)10-11/h8-10,14H,7H2,1-6H3. The molecule has 0 bridgehead atoms. The number of ether oxygens (including phenoxy) is 1. The van der Waals surface area contributed by atoms with Gasteiger partial charge in [-0.15, -0.1) is 0 Å². The summed E-state index contributed by atoms with van der Waals surface area (Å²) in [5.41, 5.74) is 0.421. The summed E-state index contributed by atoms with van der Waals surface area (Å²) in [6.45, 7) is 12.3. The minimum absolute atomic E-state index is 0.0127. The first kappa shape index (κ1) is 19.1. The van der Waals surface area contributed by atoms with E-state index in [1.54, 1.807) is 13.0 Å². The molecule has 0 aliphatic carbocycles. The van der Waals surface area contributed by atoms with Crippen LogP contribution in [0.3, 0.4) is 0 Å². The number of hydrogen-bond acceptors (Lipinski definition) is 3. The molecule has 0 aliphatic heterocycles. The second-order valence-electron chi connectivity index (χ2n) is 6.68. The number of hydrogen-bond donors (Lipinski definition) is 0. The number of esters is 1. The van der Waals surface area contributed by atoms with Gasteiger partial charge in [-0.05, 0) is 42.8 Å². The van der Waals surface area contributed by atoms with E-state index in [-0.39, 0.29) is 16.7 Å². The Morgan fingerprint density at radius 3 is 2.41 bits per heavy atom. The van der Waals surface area contributed by atoms with Gasteiger partial charge in [-0.3, -0.25) is 0 Å². The SMILES string of the molecule is CCOC(=O)C(O[Si](C)(C)C(C)(C)C)c1ccc(Cl)c(F)c1. The molecule has 124 valence electrons. The maximum Gasteiger partial charge on any atom is 0.338 e. The molecule has 22 heavy (non-hydrogen) atoms. The maximum atomic E-state index is 13.7. The predicted octanol–water partition coefficient (Wildman–Crippen LogP) is 5.11. The van der Waals surface area contributed by atoms with Crippen LogP contribution in [-0.4, -0.2) is 20.9 Å². The number of carbonyl (C=O) groups is 1. The molecule has 0 fully saturated rings. The molecule has 6 heteroatoms. The molecule has 3 nitrogen and oxygen atoms in total. The molecule has 1 aromatic carbocycles. The van der Waals surface area contributed by atoms with Crippen LogP contribution in [0.2, 0.25) is 23.2 Å². The smallest absolute Gasteiger partial charge is 0.338 e. The van der Waals surface area contributed by atoms with E-state index in [2.05, 4.69) is 20.8 Å². The fraction of sp³-hybridized carbons (Fsp3) is 0.562. The quantitative estimate of drug-likeness (QED) is 0.549. The highest BCUT2D eigenvalue weighted by Crippen LogP contribution is 2.40. The Hall–Kier alpha value is -0.913. The van der Waals surface area contributed by atoms with Gasteiger partial charge in [-0.25, -0.2) is 9.18 Å². The third kappa shape index (κ3) is 4.54. The Morgan fingerprint density at radius 2 is 1.95 bits per heavy atom. The third-order valence-corrected chi connectivity index (χ3v) is 8.71. The molecule has 0 spiro atoms. The second kappa shape index (κ2) is 7.11. The van der Waals surface area contributed by atoms with Crippen LogP contribution in [0, 0.1) is 5.82 Å². The van der Waals surface area contributed by atoms with Crippen LogP contribution in [0.5, 0.6) is 0 Å². The molecule has 0 aliphatic rings. The minimum atomic E-state index is -2.23. The van der Waals surface area contributed by atoms with Crippen molar-refractivity contribution in [2.24, 2.45) is 0 Å². The van der Waals surface area contributed by atoms with Crippen LogP contribution in [-0.2, 0) is 14.0 Å². The summed E-state index contributed by atoms with van der Waals surface area (Å²) in [5.74, 6) is -1.08. The van der Waals surface area contributed by atoms with Crippen LogP contribution < -0.4 is 0 Å². The molecular formula is C16H24ClFO3Si. The van der Waals surface area contributed by atoms with Gasteiger partial charge in [0.1, 0.15) is 5.82 Å². The first-order chi connectivity index (χ1) is 9.99. The van der Waals surface area contributed by atoms with Gasteiger partial charge >= 0.3 is 5.97 Å². The lowest BCUT2D eigenvalue weighted by molar-refractivity contribution is -0.152. The summed E-state index contributed by atoms with van der Waals surface area (Å²) in [6.07, 6.45) is -0.937. The first-order valence-electron chi connectivity index (χ1n) is 7.29. The van der Waals surface area contributed by atoms with Crippen LogP contribution in [0.25, 0.3) is 0 Å². The Morgan fingerprint density at radius 1 is 1.36 bits per heavy atom. The monoisotopic (exact) mass is 346 g/mol. The summed E-state index contributed by atoms with van der Waals surface area (Å²) in [5, 5.41) is -0.0680. The van der Waals surface area contributed by atoms with Crippen molar-refractivity contribution in [1.82, 2.24) is 0 Å². The summed E-state index contributed by atoms with van der Waals surface area (Å²) in [7, 11) is -2.23. The summed E-state index contributed by atoms with van der Waals surface area (Å²) < 4.78 is 25.0. The van der Waals surface area contributed by atoms with Crippen molar-refractivity contribution in [3.8, 4) is 0 Å². The normalized spacial score (nSPS) is 13.8. The molecule has 0 aromatic heterocycles. The van der Waals surface area contributed by atoms with Crippen molar-refractivity contribution in [1.29, 1.82) is 0 Å². The summed E-state index contributed by atoms with van der Waals surface area (Å²) in [4.78, 5) is 12.3. The van der Waals surface area contributed by atoms with E-state index in [4.69, 9.17) is 20.8 Å². The van der Waals surface area contributed by atoms with Gasteiger partial charge in [0, 0.05) is 0 Å². The molecule has 0 N–H and O–H groups in total. The van der Waals surface area contributed by atoms with Crippen molar-refractivity contribution < 1.29 is 18.3 Å². The van der Waals surface area contributed by atoms with Crippen LogP contribution in [0.1, 0.15) is 39.4 Å². The van der Waals surface area contributed by atoms with Crippen LogP contribution in [0.4, 0.5) is 4.39 Å². The zero-order valence-electron chi connectivity index (χ0n) is 14.0. The van der Waals surface area contributed by atoms with E-state index in [0.29, 0.717) is 5.56 Å². The molecule has 0 amide bonds. The highest BCUT2D eigenvalue weighted by molar-refractivity contribution is 6.74. The minimum Gasteiger partial charge on any atom is -0.464 e. The fourth-order valence-electron chi connectivity index (χ4n) is 1.62. The van der Waals surface area contributed by atoms with Gasteiger partial charge in [-0.2, -0.15) is 0 Å². The van der Waals surface area contributed by atoms with E-state index in [9.17, 15) is 9.18 Å². The molecule has 0 radical (unpaired) electrons. The second-order valence-corrected chi connectivity index (χ2v) is 11.8. The lowest BCUT2D eigenvalue weighted by Gasteiger charge is -2.38. The molecule has 0 heterocycles. The molecule has 1 aromatic rings. The fourth-order valence-corrected chi connectivity index (χ4v) is 2.91. The van der Waals surface area contributed by atoms with Gasteiger partial charge < -0.3 is 9.16 Å². The Labute approximate surface area is 137 Å². The first-order valence-corrected chi connectivity index (χ1v) is 10.6.